The second-order valence-electron chi connectivity index (χ2n) is 3.92. The van der Waals surface area contributed by atoms with Crippen LogP contribution in [-0.4, -0.2) is 8.42 Å². The van der Waals surface area contributed by atoms with E-state index in [1.54, 1.807) is 30.3 Å². The van der Waals surface area contributed by atoms with E-state index in [0.29, 0.717) is 19.7 Å². The van der Waals surface area contributed by atoms with E-state index in [4.69, 9.17) is 17.3 Å². The predicted molar refractivity (Wildman–Crippen MR) is 88.5 cm³/mol. The van der Waals surface area contributed by atoms with Gasteiger partial charge in [-0.25, -0.2) is 8.42 Å². The molecule has 8 heteroatoms. The van der Waals surface area contributed by atoms with Crippen LogP contribution in [0.15, 0.2) is 50.2 Å². The summed E-state index contributed by atoms with van der Waals surface area (Å²) in [5.74, 6) is 0. The predicted octanol–water partition coefficient (Wildman–Crippen LogP) is 4.25. The standard InChI is InChI=1S/C12H9Br2ClN2O2S/c13-7-5-10(14)12(11(16)6-7)20(18,19)17-9-3-1-8(15)2-4-9/h1-6,17H,16H2. The van der Waals surface area contributed by atoms with Gasteiger partial charge in [-0.3, -0.25) is 4.72 Å². The van der Waals surface area contributed by atoms with E-state index >= 15 is 0 Å². The highest BCUT2D eigenvalue weighted by atomic mass is 79.9. The van der Waals surface area contributed by atoms with Crippen molar-refractivity contribution in [2.45, 2.75) is 4.90 Å². The molecule has 0 fully saturated rings. The first kappa shape index (κ1) is 15.6. The van der Waals surface area contributed by atoms with Crippen molar-refractivity contribution in [3.05, 3.63) is 50.4 Å². The van der Waals surface area contributed by atoms with Gasteiger partial charge in [-0.2, -0.15) is 0 Å². The first-order valence-electron chi connectivity index (χ1n) is 5.32. The minimum atomic E-state index is -3.79. The fourth-order valence-corrected chi connectivity index (χ4v) is 4.84. The van der Waals surface area contributed by atoms with E-state index in [1.807, 2.05) is 0 Å². The first-order chi connectivity index (χ1) is 9.29. The highest BCUT2D eigenvalue weighted by Gasteiger charge is 2.21. The number of sulfonamides is 1. The van der Waals surface area contributed by atoms with E-state index in [1.165, 1.54) is 6.07 Å². The molecular weight excluding hydrogens is 431 g/mol. The molecule has 0 atom stereocenters. The Morgan fingerprint density at radius 2 is 1.70 bits per heavy atom. The third-order valence-corrected chi connectivity index (χ3v) is 5.50. The van der Waals surface area contributed by atoms with Gasteiger partial charge in [0.05, 0.1) is 5.69 Å². The molecule has 4 nitrogen and oxygen atoms in total. The Morgan fingerprint density at radius 3 is 2.25 bits per heavy atom. The summed E-state index contributed by atoms with van der Waals surface area (Å²) in [7, 11) is -3.79. The summed E-state index contributed by atoms with van der Waals surface area (Å²) in [6, 6.07) is 9.48. The van der Waals surface area contributed by atoms with Crippen LogP contribution in [0.25, 0.3) is 0 Å². The molecule has 2 rings (SSSR count). The molecule has 0 unspecified atom stereocenters. The highest BCUT2D eigenvalue weighted by molar-refractivity contribution is 9.11. The average molecular weight is 441 g/mol. The Labute approximate surface area is 138 Å². The molecule has 0 aliphatic carbocycles. The van der Waals surface area contributed by atoms with E-state index in [-0.39, 0.29) is 10.6 Å². The first-order valence-corrected chi connectivity index (χ1v) is 8.77. The molecule has 106 valence electrons. The maximum Gasteiger partial charge on any atom is 0.265 e. The van der Waals surface area contributed by atoms with Gasteiger partial charge < -0.3 is 5.73 Å². The zero-order valence-electron chi connectivity index (χ0n) is 9.90. The van der Waals surface area contributed by atoms with Gasteiger partial charge in [0.2, 0.25) is 0 Å². The third kappa shape index (κ3) is 3.46. The minimum absolute atomic E-state index is 0.00403. The van der Waals surface area contributed by atoms with Crippen molar-refractivity contribution in [2.75, 3.05) is 10.5 Å². The van der Waals surface area contributed by atoms with Crippen molar-refractivity contribution in [1.29, 1.82) is 0 Å². The van der Waals surface area contributed by atoms with Crippen LogP contribution in [0.3, 0.4) is 0 Å². The molecule has 20 heavy (non-hydrogen) atoms. The minimum Gasteiger partial charge on any atom is -0.398 e. The Kier molecular flexibility index (Phi) is 4.63. The molecule has 0 aromatic heterocycles. The Hall–Kier alpha value is -0.760. The lowest BCUT2D eigenvalue weighted by Gasteiger charge is -2.12. The molecule has 2 aromatic carbocycles. The quantitative estimate of drug-likeness (QED) is 0.701. The van der Waals surface area contributed by atoms with Crippen LogP contribution in [0.4, 0.5) is 11.4 Å². The van der Waals surface area contributed by atoms with Crippen LogP contribution < -0.4 is 10.5 Å². The number of benzene rings is 2. The number of hydrogen-bond acceptors (Lipinski definition) is 3. The van der Waals surface area contributed by atoms with Crippen molar-refractivity contribution in [3.63, 3.8) is 0 Å². The summed E-state index contributed by atoms with van der Waals surface area (Å²) >= 11 is 12.2. The molecule has 0 aliphatic heterocycles. The lowest BCUT2D eigenvalue weighted by Crippen LogP contribution is -2.15. The number of hydrogen-bond donors (Lipinski definition) is 2. The van der Waals surface area contributed by atoms with E-state index in [0.717, 1.165) is 0 Å². The Morgan fingerprint density at radius 1 is 1.10 bits per heavy atom. The summed E-state index contributed by atoms with van der Waals surface area (Å²) in [6.07, 6.45) is 0. The summed E-state index contributed by atoms with van der Waals surface area (Å²) in [5.41, 5.74) is 6.34. The van der Waals surface area contributed by atoms with Crippen molar-refractivity contribution >= 4 is 64.9 Å². The largest absolute Gasteiger partial charge is 0.398 e. The molecular formula is C12H9Br2ClN2O2S. The summed E-state index contributed by atoms with van der Waals surface area (Å²) in [4.78, 5) is -0.00403. The van der Waals surface area contributed by atoms with Gasteiger partial charge in [-0.05, 0) is 52.3 Å². The highest BCUT2D eigenvalue weighted by Crippen LogP contribution is 2.32. The zero-order chi connectivity index (χ0) is 14.9. The molecule has 0 heterocycles. The molecule has 0 spiro atoms. The third-order valence-electron chi connectivity index (χ3n) is 2.40. The number of nitrogens with two attached hydrogens (primary N) is 1. The van der Waals surface area contributed by atoms with Crippen LogP contribution in [0, 0.1) is 0 Å². The monoisotopic (exact) mass is 438 g/mol. The fourth-order valence-electron chi connectivity index (χ4n) is 1.59. The average Bonchev–Trinajstić information content (AvgIpc) is 2.30. The van der Waals surface area contributed by atoms with E-state index in [2.05, 4.69) is 36.6 Å². The van der Waals surface area contributed by atoms with E-state index < -0.39 is 10.0 Å². The molecule has 0 amide bonds. The van der Waals surface area contributed by atoms with Crippen LogP contribution in [0.2, 0.25) is 5.02 Å². The molecule has 0 radical (unpaired) electrons. The summed E-state index contributed by atoms with van der Waals surface area (Å²) < 4.78 is 28.3. The topological polar surface area (TPSA) is 72.2 Å². The van der Waals surface area contributed by atoms with Gasteiger partial charge in [0.1, 0.15) is 4.90 Å². The molecule has 0 bridgehead atoms. The lowest BCUT2D eigenvalue weighted by atomic mass is 10.3. The second kappa shape index (κ2) is 5.93. The van der Waals surface area contributed by atoms with Gasteiger partial charge in [0, 0.05) is 19.7 Å². The number of nitrogens with one attached hydrogen (secondary N) is 1. The number of nitrogen functional groups attached to an aromatic ring is 1. The molecule has 2 aromatic rings. The van der Waals surface area contributed by atoms with Crippen LogP contribution in [0.1, 0.15) is 0 Å². The van der Waals surface area contributed by atoms with Crippen molar-refractivity contribution in [1.82, 2.24) is 0 Å². The fraction of sp³-hybridized carbons (Fsp3) is 0. The van der Waals surface area contributed by atoms with Crippen molar-refractivity contribution < 1.29 is 8.42 Å². The van der Waals surface area contributed by atoms with Crippen LogP contribution in [0.5, 0.6) is 0 Å². The SMILES string of the molecule is Nc1cc(Br)cc(Br)c1S(=O)(=O)Nc1ccc(Cl)cc1. The lowest BCUT2D eigenvalue weighted by molar-refractivity contribution is 0.601. The molecule has 0 aliphatic rings. The molecule has 0 saturated heterocycles. The van der Waals surface area contributed by atoms with Gasteiger partial charge >= 0.3 is 0 Å². The maximum absolute atomic E-state index is 12.4. The molecule has 0 saturated carbocycles. The Balaban J connectivity index is 2.43. The van der Waals surface area contributed by atoms with E-state index in [9.17, 15) is 8.42 Å². The van der Waals surface area contributed by atoms with Crippen molar-refractivity contribution in [2.24, 2.45) is 0 Å². The van der Waals surface area contributed by atoms with Crippen molar-refractivity contribution in [3.8, 4) is 0 Å². The van der Waals surface area contributed by atoms with Gasteiger partial charge in [-0.1, -0.05) is 27.5 Å². The number of rotatable bonds is 3. The zero-order valence-corrected chi connectivity index (χ0v) is 14.6. The number of anilines is 2. The normalized spacial score (nSPS) is 11.3. The summed E-state index contributed by atoms with van der Waals surface area (Å²) in [5, 5.41) is 0.525. The summed E-state index contributed by atoms with van der Waals surface area (Å²) in [6.45, 7) is 0. The van der Waals surface area contributed by atoms with Gasteiger partial charge in [0.15, 0.2) is 0 Å². The maximum atomic E-state index is 12.4. The smallest absolute Gasteiger partial charge is 0.265 e. The van der Waals surface area contributed by atoms with Crippen LogP contribution >= 0.6 is 43.5 Å². The molecule has 3 N–H and O–H groups in total. The Bertz CT molecular complexity index is 726. The van der Waals surface area contributed by atoms with Crippen LogP contribution in [-0.2, 0) is 10.0 Å². The second-order valence-corrected chi connectivity index (χ2v) is 7.74. The van der Waals surface area contributed by atoms with Gasteiger partial charge in [0.25, 0.3) is 10.0 Å². The number of halogens is 3. The van der Waals surface area contributed by atoms with Gasteiger partial charge in [-0.15, -0.1) is 0 Å².